The Morgan fingerprint density at radius 3 is 2.76 bits per heavy atom. The van der Waals surface area contributed by atoms with E-state index >= 15 is 0 Å². The predicted molar refractivity (Wildman–Crippen MR) is 95.4 cm³/mol. The molecule has 3 rings (SSSR count). The molecule has 1 fully saturated rings. The normalized spacial score (nSPS) is 23.2. The third-order valence-electron chi connectivity index (χ3n) is 4.68. The largest absolute Gasteiger partial charge is 0.388 e. The number of benzene rings is 1. The predicted octanol–water partition coefficient (Wildman–Crippen LogP) is 2.33. The van der Waals surface area contributed by atoms with Crippen LogP contribution in [0.3, 0.4) is 0 Å². The molecule has 2 N–H and O–H groups in total. The molecule has 1 saturated carbocycles. The van der Waals surface area contributed by atoms with Gasteiger partial charge in [0.1, 0.15) is 11.8 Å². The monoisotopic (exact) mass is 340 g/mol. The van der Waals surface area contributed by atoms with E-state index in [1.54, 1.807) is 13.2 Å². The van der Waals surface area contributed by atoms with Gasteiger partial charge in [0.2, 0.25) is 0 Å². The van der Waals surface area contributed by atoms with E-state index in [1.165, 1.54) is 0 Å². The van der Waals surface area contributed by atoms with Gasteiger partial charge in [-0.25, -0.2) is 4.98 Å². The van der Waals surface area contributed by atoms with Gasteiger partial charge in [-0.2, -0.15) is 0 Å². The molecule has 1 aromatic carbocycles. The molecule has 25 heavy (non-hydrogen) atoms. The first-order valence-corrected chi connectivity index (χ1v) is 8.69. The van der Waals surface area contributed by atoms with E-state index in [1.807, 2.05) is 42.5 Å². The summed E-state index contributed by atoms with van der Waals surface area (Å²) in [5.74, 6) is -0.254. The maximum absolute atomic E-state index is 12.5. The van der Waals surface area contributed by atoms with Crippen molar-refractivity contribution in [2.24, 2.45) is 0 Å². The number of ether oxygens (including phenoxy) is 1. The standard InChI is InChI=1S/C20H24N2O3/c1-25-18-12-6-10-16(19(18)23)22-20(24)17-11-5-9-15(21-17)13-14-7-3-2-4-8-14/h2-5,7-9,11,16,18-19,23H,6,10,12-13H2,1H3,(H,22,24)/t16-,18-,19-/m1/s1. The molecule has 0 unspecified atom stereocenters. The molecule has 132 valence electrons. The molecule has 2 aromatic rings. The van der Waals surface area contributed by atoms with Crippen molar-refractivity contribution in [1.29, 1.82) is 0 Å². The second kappa shape index (κ2) is 8.23. The summed E-state index contributed by atoms with van der Waals surface area (Å²) < 4.78 is 5.29. The van der Waals surface area contributed by atoms with Crippen LogP contribution in [0, 0.1) is 0 Å². The van der Waals surface area contributed by atoms with E-state index in [-0.39, 0.29) is 18.1 Å². The minimum Gasteiger partial charge on any atom is -0.388 e. The van der Waals surface area contributed by atoms with Crippen molar-refractivity contribution in [3.8, 4) is 0 Å². The highest BCUT2D eigenvalue weighted by Gasteiger charge is 2.33. The Bertz CT molecular complexity index is 705. The van der Waals surface area contributed by atoms with Crippen molar-refractivity contribution in [2.75, 3.05) is 7.11 Å². The Labute approximate surface area is 148 Å². The topological polar surface area (TPSA) is 71.5 Å². The van der Waals surface area contributed by atoms with Crippen molar-refractivity contribution in [3.05, 3.63) is 65.5 Å². The number of aliphatic hydroxyl groups is 1. The van der Waals surface area contributed by atoms with Gasteiger partial charge < -0.3 is 15.2 Å². The fourth-order valence-corrected chi connectivity index (χ4v) is 3.31. The van der Waals surface area contributed by atoms with Gasteiger partial charge in [-0.3, -0.25) is 4.79 Å². The molecular weight excluding hydrogens is 316 g/mol. The van der Waals surface area contributed by atoms with E-state index in [0.717, 1.165) is 30.5 Å². The van der Waals surface area contributed by atoms with Crippen LogP contribution in [-0.4, -0.2) is 41.4 Å². The minimum atomic E-state index is -0.685. The Kier molecular flexibility index (Phi) is 5.79. The van der Waals surface area contributed by atoms with Crippen LogP contribution >= 0.6 is 0 Å². The second-order valence-corrected chi connectivity index (χ2v) is 6.45. The van der Waals surface area contributed by atoms with E-state index < -0.39 is 6.10 Å². The van der Waals surface area contributed by atoms with Gasteiger partial charge in [0, 0.05) is 19.2 Å². The summed E-state index contributed by atoms with van der Waals surface area (Å²) in [5, 5.41) is 13.2. The number of methoxy groups -OCH3 is 1. The maximum Gasteiger partial charge on any atom is 0.270 e. The Balaban J connectivity index is 1.67. The summed E-state index contributed by atoms with van der Waals surface area (Å²) in [6.07, 6.45) is 2.25. The van der Waals surface area contributed by atoms with Crippen molar-refractivity contribution >= 4 is 5.91 Å². The maximum atomic E-state index is 12.5. The number of nitrogens with zero attached hydrogens (tertiary/aromatic N) is 1. The first-order valence-electron chi connectivity index (χ1n) is 8.69. The zero-order valence-corrected chi connectivity index (χ0v) is 14.4. The summed E-state index contributed by atoms with van der Waals surface area (Å²) in [4.78, 5) is 17.0. The molecule has 1 aromatic heterocycles. The van der Waals surface area contributed by atoms with Gasteiger partial charge in [0.25, 0.3) is 5.91 Å². The highest BCUT2D eigenvalue weighted by atomic mass is 16.5. The van der Waals surface area contributed by atoms with Gasteiger partial charge in [0.05, 0.1) is 12.1 Å². The number of aliphatic hydroxyl groups excluding tert-OH is 1. The van der Waals surface area contributed by atoms with E-state index in [4.69, 9.17) is 4.74 Å². The van der Waals surface area contributed by atoms with Crippen molar-refractivity contribution in [2.45, 2.75) is 43.9 Å². The lowest BCUT2D eigenvalue weighted by Gasteiger charge is -2.34. The SMILES string of the molecule is CO[C@@H]1CCC[C@@H](NC(=O)c2cccc(Cc3ccccc3)n2)[C@H]1O. The van der Waals surface area contributed by atoms with E-state index in [0.29, 0.717) is 12.1 Å². The van der Waals surface area contributed by atoms with Crippen LogP contribution in [0.2, 0.25) is 0 Å². The number of hydrogen-bond acceptors (Lipinski definition) is 4. The molecule has 0 saturated heterocycles. The Hall–Kier alpha value is -2.24. The number of carbonyl (C=O) groups excluding carboxylic acids is 1. The van der Waals surface area contributed by atoms with Gasteiger partial charge in [0.15, 0.2) is 0 Å². The van der Waals surface area contributed by atoms with Crippen LogP contribution in [0.25, 0.3) is 0 Å². The fourth-order valence-electron chi connectivity index (χ4n) is 3.31. The first-order chi connectivity index (χ1) is 12.2. The number of pyridine rings is 1. The smallest absolute Gasteiger partial charge is 0.270 e. The molecule has 1 heterocycles. The highest BCUT2D eigenvalue weighted by Crippen LogP contribution is 2.21. The van der Waals surface area contributed by atoms with Crippen molar-refractivity contribution in [3.63, 3.8) is 0 Å². The van der Waals surface area contributed by atoms with Gasteiger partial charge in [-0.05, 0) is 37.0 Å². The average molecular weight is 340 g/mol. The van der Waals surface area contributed by atoms with Crippen LogP contribution in [0.4, 0.5) is 0 Å². The van der Waals surface area contributed by atoms with E-state index in [9.17, 15) is 9.90 Å². The molecule has 5 nitrogen and oxygen atoms in total. The van der Waals surface area contributed by atoms with Crippen LogP contribution < -0.4 is 5.32 Å². The second-order valence-electron chi connectivity index (χ2n) is 6.45. The molecule has 3 atom stereocenters. The van der Waals surface area contributed by atoms with Crippen molar-refractivity contribution in [1.82, 2.24) is 10.3 Å². The Morgan fingerprint density at radius 1 is 1.20 bits per heavy atom. The lowest BCUT2D eigenvalue weighted by atomic mass is 9.90. The lowest BCUT2D eigenvalue weighted by Crippen LogP contribution is -2.51. The van der Waals surface area contributed by atoms with Crippen LogP contribution in [0.1, 0.15) is 41.0 Å². The number of nitrogens with one attached hydrogen (secondary N) is 1. The zero-order valence-electron chi connectivity index (χ0n) is 14.4. The summed E-state index contributed by atoms with van der Waals surface area (Å²) >= 11 is 0. The molecule has 1 aliphatic carbocycles. The third kappa shape index (κ3) is 4.44. The molecule has 0 bridgehead atoms. The summed E-state index contributed by atoms with van der Waals surface area (Å²) in [7, 11) is 1.59. The van der Waals surface area contributed by atoms with Crippen molar-refractivity contribution < 1.29 is 14.6 Å². The molecule has 0 spiro atoms. The molecular formula is C20H24N2O3. The number of amides is 1. The third-order valence-corrected chi connectivity index (χ3v) is 4.68. The number of carbonyl (C=O) groups is 1. The van der Waals surface area contributed by atoms with Crippen LogP contribution in [0.15, 0.2) is 48.5 Å². The Morgan fingerprint density at radius 2 is 2.00 bits per heavy atom. The van der Waals surface area contributed by atoms with Crippen LogP contribution in [0.5, 0.6) is 0 Å². The van der Waals surface area contributed by atoms with Gasteiger partial charge in [-0.1, -0.05) is 36.4 Å². The van der Waals surface area contributed by atoms with E-state index in [2.05, 4.69) is 10.3 Å². The average Bonchev–Trinajstić information content (AvgIpc) is 2.64. The molecule has 5 heteroatoms. The minimum absolute atomic E-state index is 0.226. The molecule has 1 amide bonds. The summed E-state index contributed by atoms with van der Waals surface area (Å²) in [6.45, 7) is 0. The van der Waals surface area contributed by atoms with Gasteiger partial charge >= 0.3 is 0 Å². The van der Waals surface area contributed by atoms with Crippen LogP contribution in [-0.2, 0) is 11.2 Å². The molecule has 1 aliphatic rings. The fraction of sp³-hybridized carbons (Fsp3) is 0.400. The summed E-state index contributed by atoms with van der Waals surface area (Å²) in [6, 6.07) is 15.2. The summed E-state index contributed by atoms with van der Waals surface area (Å²) in [5.41, 5.74) is 2.37. The quantitative estimate of drug-likeness (QED) is 0.876. The highest BCUT2D eigenvalue weighted by molar-refractivity contribution is 5.92. The zero-order chi connectivity index (χ0) is 17.6. The number of aromatic nitrogens is 1. The lowest BCUT2D eigenvalue weighted by molar-refractivity contribution is -0.0513. The first kappa shape index (κ1) is 17.6. The molecule has 0 radical (unpaired) electrons. The molecule has 0 aliphatic heterocycles. The number of hydrogen-bond donors (Lipinski definition) is 2. The number of rotatable bonds is 5. The van der Waals surface area contributed by atoms with Gasteiger partial charge in [-0.15, -0.1) is 0 Å².